The zero-order valence-electron chi connectivity index (χ0n) is 9.93. The van der Waals surface area contributed by atoms with Crippen molar-refractivity contribution in [1.82, 2.24) is 0 Å². The van der Waals surface area contributed by atoms with E-state index in [-0.39, 0.29) is 11.3 Å². The largest absolute Gasteiger partial charge is 0.354 e. The number of rotatable bonds is 3. The van der Waals surface area contributed by atoms with Gasteiger partial charge in [0.05, 0.1) is 10.6 Å². The molecule has 5 nitrogen and oxygen atoms in total. The summed E-state index contributed by atoms with van der Waals surface area (Å²) >= 11 is 6.82. The Hall–Kier alpha value is -1.91. The summed E-state index contributed by atoms with van der Waals surface area (Å²) in [6.07, 6.45) is 0. The van der Waals surface area contributed by atoms with Gasteiger partial charge in [-0.2, -0.15) is 5.26 Å². The topological polar surface area (TPSA) is 79.0 Å². The first-order valence-electron chi connectivity index (χ1n) is 5.42. The fraction of sp³-hybridized carbons (Fsp3) is 0. The molecule has 100 valence electrons. The maximum absolute atomic E-state index is 10.8. The number of nitrogens with one attached hydrogen (secondary N) is 1. The van der Waals surface area contributed by atoms with Crippen LogP contribution in [0, 0.1) is 21.4 Å². The summed E-state index contributed by atoms with van der Waals surface area (Å²) in [5.41, 5.74) is 1.19. The van der Waals surface area contributed by atoms with Gasteiger partial charge >= 0.3 is 0 Å². The van der Waals surface area contributed by atoms with Crippen LogP contribution in [0.15, 0.2) is 45.3 Å². The Morgan fingerprint density at radius 3 is 2.40 bits per heavy atom. The minimum atomic E-state index is -0.573. The Morgan fingerprint density at radius 1 is 1.20 bits per heavy atom. The number of hydrogen-bond acceptors (Lipinski definition) is 4. The third-order valence-corrected chi connectivity index (χ3v) is 3.87. The second-order valence-corrected chi connectivity index (χ2v) is 5.53. The van der Waals surface area contributed by atoms with Crippen LogP contribution in [0.3, 0.4) is 0 Å². The summed E-state index contributed by atoms with van der Waals surface area (Å²) in [5.74, 6) is 0. The van der Waals surface area contributed by atoms with E-state index < -0.39 is 4.92 Å². The van der Waals surface area contributed by atoms with E-state index in [1.807, 2.05) is 24.3 Å². The first-order valence-corrected chi connectivity index (χ1v) is 7.01. The molecule has 0 fully saturated rings. The van der Waals surface area contributed by atoms with Crippen LogP contribution >= 0.6 is 31.9 Å². The van der Waals surface area contributed by atoms with Crippen molar-refractivity contribution in [3.8, 4) is 6.07 Å². The van der Waals surface area contributed by atoms with Crippen LogP contribution in [0.1, 0.15) is 5.56 Å². The van der Waals surface area contributed by atoms with Crippen molar-refractivity contribution < 1.29 is 4.92 Å². The standard InChI is InChI=1S/C13H7Br2N3O2/c14-10-2-1-3-11(15)13(10)17-9-4-5-12(18(19)20)8(6-9)7-16/h1-6,17H. The molecule has 2 aromatic rings. The number of anilines is 2. The number of nitro groups is 1. The lowest BCUT2D eigenvalue weighted by Gasteiger charge is -2.10. The van der Waals surface area contributed by atoms with Gasteiger partial charge in [0, 0.05) is 20.7 Å². The van der Waals surface area contributed by atoms with Crippen molar-refractivity contribution in [2.75, 3.05) is 5.32 Å². The van der Waals surface area contributed by atoms with E-state index in [0.717, 1.165) is 14.6 Å². The van der Waals surface area contributed by atoms with E-state index >= 15 is 0 Å². The van der Waals surface area contributed by atoms with Crippen LogP contribution < -0.4 is 5.32 Å². The molecule has 0 spiro atoms. The molecule has 0 bridgehead atoms. The normalized spacial score (nSPS) is 9.85. The zero-order chi connectivity index (χ0) is 14.7. The van der Waals surface area contributed by atoms with Gasteiger partial charge in [-0.05, 0) is 56.1 Å². The van der Waals surface area contributed by atoms with Gasteiger partial charge in [0.15, 0.2) is 0 Å². The van der Waals surface area contributed by atoms with E-state index in [0.29, 0.717) is 5.69 Å². The van der Waals surface area contributed by atoms with Crippen molar-refractivity contribution in [2.24, 2.45) is 0 Å². The number of nitro benzene ring substituents is 1. The second-order valence-electron chi connectivity index (χ2n) is 3.82. The Kier molecular flexibility index (Phi) is 4.37. The highest BCUT2D eigenvalue weighted by atomic mass is 79.9. The van der Waals surface area contributed by atoms with Crippen molar-refractivity contribution in [3.05, 3.63) is 61.0 Å². The number of hydrogen-bond donors (Lipinski definition) is 1. The third kappa shape index (κ3) is 2.98. The van der Waals surface area contributed by atoms with Crippen LogP contribution in [0.5, 0.6) is 0 Å². The van der Waals surface area contributed by atoms with Gasteiger partial charge in [0.25, 0.3) is 5.69 Å². The van der Waals surface area contributed by atoms with Gasteiger partial charge in [0.2, 0.25) is 0 Å². The highest BCUT2D eigenvalue weighted by Crippen LogP contribution is 2.34. The van der Waals surface area contributed by atoms with Crippen LogP contribution in [0.25, 0.3) is 0 Å². The molecule has 0 heterocycles. The molecule has 0 radical (unpaired) electrons. The molecule has 0 aliphatic carbocycles. The number of nitrogens with zero attached hydrogens (tertiary/aromatic N) is 2. The van der Waals surface area contributed by atoms with Gasteiger partial charge in [0.1, 0.15) is 11.6 Å². The van der Waals surface area contributed by atoms with Gasteiger partial charge in [-0.15, -0.1) is 0 Å². The smallest absolute Gasteiger partial charge is 0.287 e. The Balaban J connectivity index is 2.41. The number of para-hydroxylation sites is 1. The molecule has 1 N–H and O–H groups in total. The van der Waals surface area contributed by atoms with Crippen molar-refractivity contribution >= 4 is 48.9 Å². The molecular weight excluding hydrogens is 390 g/mol. The van der Waals surface area contributed by atoms with E-state index in [2.05, 4.69) is 37.2 Å². The fourth-order valence-electron chi connectivity index (χ4n) is 1.62. The van der Waals surface area contributed by atoms with Gasteiger partial charge in [-0.1, -0.05) is 6.07 Å². The van der Waals surface area contributed by atoms with Crippen LogP contribution in [0.4, 0.5) is 17.1 Å². The fourth-order valence-corrected chi connectivity index (χ4v) is 2.82. The Labute approximate surface area is 131 Å². The summed E-state index contributed by atoms with van der Waals surface area (Å²) < 4.78 is 1.67. The van der Waals surface area contributed by atoms with Crippen molar-refractivity contribution in [1.29, 1.82) is 5.26 Å². The molecule has 2 aromatic carbocycles. The molecule has 0 atom stereocenters. The second kappa shape index (κ2) is 6.03. The van der Waals surface area contributed by atoms with Crippen molar-refractivity contribution in [2.45, 2.75) is 0 Å². The quantitative estimate of drug-likeness (QED) is 0.600. The van der Waals surface area contributed by atoms with Gasteiger partial charge in [-0.25, -0.2) is 0 Å². The minimum absolute atomic E-state index is 0.0168. The number of benzene rings is 2. The van der Waals surface area contributed by atoms with Crippen LogP contribution in [-0.2, 0) is 0 Å². The average molecular weight is 397 g/mol. The summed E-state index contributed by atoms with van der Waals surface area (Å²) in [7, 11) is 0. The van der Waals surface area contributed by atoms with E-state index in [9.17, 15) is 10.1 Å². The molecule has 0 aromatic heterocycles. The first-order chi connectivity index (χ1) is 9.52. The zero-order valence-corrected chi connectivity index (χ0v) is 13.1. The molecule has 0 saturated carbocycles. The predicted molar refractivity (Wildman–Crippen MR) is 82.9 cm³/mol. The molecular formula is C13H7Br2N3O2. The maximum Gasteiger partial charge on any atom is 0.287 e. The molecule has 20 heavy (non-hydrogen) atoms. The lowest BCUT2D eigenvalue weighted by molar-refractivity contribution is -0.385. The SMILES string of the molecule is N#Cc1cc(Nc2c(Br)cccc2Br)ccc1[N+](=O)[O-]. The minimum Gasteiger partial charge on any atom is -0.354 e. The van der Waals surface area contributed by atoms with Gasteiger partial charge < -0.3 is 5.32 Å². The first kappa shape index (κ1) is 14.5. The third-order valence-electron chi connectivity index (χ3n) is 2.55. The van der Waals surface area contributed by atoms with Gasteiger partial charge in [-0.3, -0.25) is 10.1 Å². The molecule has 2 rings (SSSR count). The average Bonchev–Trinajstić information content (AvgIpc) is 2.42. The number of nitriles is 1. The predicted octanol–water partition coefficient (Wildman–Crippen LogP) is 4.74. The highest BCUT2D eigenvalue weighted by molar-refractivity contribution is 9.11. The molecule has 7 heteroatoms. The van der Waals surface area contributed by atoms with Crippen LogP contribution in [0.2, 0.25) is 0 Å². The lowest BCUT2D eigenvalue weighted by Crippen LogP contribution is -1.96. The Morgan fingerprint density at radius 2 is 1.85 bits per heavy atom. The molecule has 0 aliphatic heterocycles. The summed E-state index contributed by atoms with van der Waals surface area (Å²) in [5, 5.41) is 22.9. The summed E-state index contributed by atoms with van der Waals surface area (Å²) in [4.78, 5) is 10.2. The number of halogens is 2. The monoisotopic (exact) mass is 395 g/mol. The molecule has 0 amide bonds. The highest BCUT2D eigenvalue weighted by Gasteiger charge is 2.14. The molecule has 0 aliphatic rings. The summed E-state index contributed by atoms with van der Waals surface area (Å²) in [6, 6.07) is 11.7. The van der Waals surface area contributed by atoms with E-state index in [4.69, 9.17) is 5.26 Å². The Bertz CT molecular complexity index is 706. The van der Waals surface area contributed by atoms with Crippen molar-refractivity contribution in [3.63, 3.8) is 0 Å². The van der Waals surface area contributed by atoms with E-state index in [1.165, 1.54) is 12.1 Å². The molecule has 0 unspecified atom stereocenters. The summed E-state index contributed by atoms with van der Waals surface area (Å²) in [6.45, 7) is 0. The molecule has 0 saturated heterocycles. The van der Waals surface area contributed by atoms with E-state index in [1.54, 1.807) is 6.07 Å². The lowest BCUT2D eigenvalue weighted by atomic mass is 10.1. The van der Waals surface area contributed by atoms with Crippen LogP contribution in [-0.4, -0.2) is 4.92 Å². The maximum atomic E-state index is 10.8.